The summed E-state index contributed by atoms with van der Waals surface area (Å²) < 4.78 is 4.97. The number of nitrogens with zero attached hydrogens (tertiary/aromatic N) is 1. The Morgan fingerprint density at radius 2 is 1.69 bits per heavy atom. The van der Waals surface area contributed by atoms with E-state index in [2.05, 4.69) is 21.3 Å². The molecule has 1 saturated heterocycles. The van der Waals surface area contributed by atoms with Gasteiger partial charge in [0.15, 0.2) is 0 Å². The molecule has 1 aromatic rings. The van der Waals surface area contributed by atoms with Gasteiger partial charge in [-0.15, -0.1) is 0 Å². The van der Waals surface area contributed by atoms with Gasteiger partial charge in [-0.25, -0.2) is 4.79 Å². The second kappa shape index (κ2) is 18.4. The fraction of sp³-hybridized carbons (Fsp3) is 0.567. The number of amides is 7. The highest BCUT2D eigenvalue weighted by atomic mass is 16.5. The van der Waals surface area contributed by atoms with E-state index in [1.807, 2.05) is 0 Å². The Balaban J connectivity index is 1.93. The number of nitrogens with one attached hydrogen (secondary N) is 4. The van der Waals surface area contributed by atoms with Crippen LogP contribution in [0.1, 0.15) is 71.3 Å². The molecule has 0 bridgehead atoms. The Kier molecular flexibility index (Phi) is 15.0. The van der Waals surface area contributed by atoms with Crippen LogP contribution in [-0.2, 0) is 35.3 Å². The summed E-state index contributed by atoms with van der Waals surface area (Å²) in [5, 5.41) is 10.7. The summed E-state index contributed by atoms with van der Waals surface area (Å²) in [5.74, 6) is -2.65. The molecule has 2 unspecified atom stereocenters. The summed E-state index contributed by atoms with van der Waals surface area (Å²) in [7, 11) is 1.31. The number of hydrogen-bond acceptors (Lipinski definition) is 8. The Labute approximate surface area is 264 Å². The molecule has 1 heterocycles. The number of carbonyl (C=O) groups excluding carboxylic acids is 7. The molecule has 0 aromatic heterocycles. The maximum Gasteiger partial charge on any atom is 0.312 e. The van der Waals surface area contributed by atoms with Gasteiger partial charge in [-0.3, -0.25) is 33.7 Å². The maximum absolute atomic E-state index is 13.3. The van der Waals surface area contributed by atoms with E-state index in [-0.39, 0.29) is 62.0 Å². The third kappa shape index (κ3) is 13.0. The molecule has 14 nitrogen and oxygen atoms in total. The minimum Gasteiger partial charge on any atom is -0.469 e. The molecule has 7 amide bonds. The molecule has 1 aromatic carbocycles. The summed E-state index contributed by atoms with van der Waals surface area (Å²) in [6, 6.07) is 4.08. The van der Waals surface area contributed by atoms with E-state index in [1.165, 1.54) is 12.7 Å². The molecule has 0 radical (unpaired) electrons. The number of nitrogens with two attached hydrogens (primary N) is 1. The second-order valence-corrected chi connectivity index (χ2v) is 11.5. The van der Waals surface area contributed by atoms with Gasteiger partial charge in [-0.1, -0.05) is 39.3 Å². The van der Waals surface area contributed by atoms with Gasteiger partial charge in [-0.05, 0) is 49.3 Å². The van der Waals surface area contributed by atoms with Crippen molar-refractivity contribution in [2.75, 3.05) is 18.4 Å². The van der Waals surface area contributed by atoms with E-state index in [4.69, 9.17) is 10.5 Å². The topological polar surface area (TPSA) is 206 Å². The molecule has 246 valence electrons. The second-order valence-electron chi connectivity index (χ2n) is 11.5. The number of rotatable bonds is 18. The van der Waals surface area contributed by atoms with Gasteiger partial charge < -0.3 is 31.7 Å². The molecular weight excluding hydrogens is 583 g/mol. The molecule has 1 aliphatic rings. The number of anilines is 1. The van der Waals surface area contributed by atoms with Crippen LogP contribution >= 0.6 is 0 Å². The van der Waals surface area contributed by atoms with Crippen LogP contribution in [0, 0.1) is 11.8 Å². The van der Waals surface area contributed by atoms with E-state index < -0.39 is 35.8 Å². The Bertz CT molecular complexity index is 1230. The SMILES string of the molecule is BC(=O)OCc1ccc(NC(=O)[C@H](CCCNC(N)=O)NC(=O)C(NC(=O)CCCCCN2C(=O)CC(C)C2=O)C(C)C)cc1. The predicted molar refractivity (Wildman–Crippen MR) is 168 cm³/mol. The average molecular weight is 629 g/mol. The monoisotopic (exact) mass is 628 g/mol. The lowest BCUT2D eigenvalue weighted by molar-refractivity contribution is -0.139. The molecule has 1 aliphatic heterocycles. The normalized spacial score (nSPS) is 15.7. The maximum atomic E-state index is 13.3. The lowest BCUT2D eigenvalue weighted by atomic mass is 10.0. The van der Waals surface area contributed by atoms with Gasteiger partial charge in [0, 0.05) is 37.5 Å². The molecule has 0 aliphatic carbocycles. The van der Waals surface area contributed by atoms with Crippen molar-refractivity contribution < 1.29 is 38.3 Å². The number of likely N-dealkylation sites (tertiary alicyclic amines) is 1. The standard InChI is InChI=1S/C30H45BN6O8/c1-18(2)25(36-23(38)9-5-4-6-15-37-24(39)16-19(3)28(37)42)27(41)35-22(8-7-14-33-30(32)44)26(40)34-21-12-10-20(11-13-21)17-45-29(31)43/h10-13,18-19,22,25H,4-9,14-17,31H2,1-3H3,(H,34,40)(H,35,41)(H,36,38)(H3,32,33,44)/t19?,22-,25?/m0/s1. The van der Waals surface area contributed by atoms with Crippen LogP contribution in [0.5, 0.6) is 0 Å². The highest BCUT2D eigenvalue weighted by molar-refractivity contribution is 6.55. The van der Waals surface area contributed by atoms with Crippen LogP contribution in [0.3, 0.4) is 0 Å². The zero-order valence-electron chi connectivity index (χ0n) is 26.5. The zero-order valence-corrected chi connectivity index (χ0v) is 26.5. The Morgan fingerprint density at radius 3 is 2.27 bits per heavy atom. The van der Waals surface area contributed by atoms with Crippen molar-refractivity contribution in [3.8, 4) is 0 Å². The van der Waals surface area contributed by atoms with E-state index in [0.717, 1.165) is 5.56 Å². The van der Waals surface area contributed by atoms with E-state index in [0.29, 0.717) is 37.9 Å². The van der Waals surface area contributed by atoms with Crippen LogP contribution < -0.4 is 27.0 Å². The molecule has 1 fully saturated rings. The fourth-order valence-electron chi connectivity index (χ4n) is 4.74. The van der Waals surface area contributed by atoms with Crippen LogP contribution in [-0.4, -0.2) is 79.4 Å². The van der Waals surface area contributed by atoms with E-state index >= 15 is 0 Å². The highest BCUT2D eigenvalue weighted by Crippen LogP contribution is 2.19. The first-order valence-electron chi connectivity index (χ1n) is 15.3. The van der Waals surface area contributed by atoms with Crippen LogP contribution in [0.15, 0.2) is 24.3 Å². The first-order valence-corrected chi connectivity index (χ1v) is 15.3. The van der Waals surface area contributed by atoms with Crippen molar-refractivity contribution in [1.82, 2.24) is 20.9 Å². The summed E-state index contributed by atoms with van der Waals surface area (Å²) in [6.07, 6.45) is 2.65. The van der Waals surface area contributed by atoms with Crippen LogP contribution in [0.2, 0.25) is 0 Å². The average Bonchev–Trinajstić information content (AvgIpc) is 3.21. The summed E-state index contributed by atoms with van der Waals surface area (Å²) in [4.78, 5) is 86.6. The number of unbranched alkanes of at least 4 members (excludes halogenated alkanes) is 2. The quantitative estimate of drug-likeness (QED) is 0.0896. The number of primary amides is 1. The van der Waals surface area contributed by atoms with Gasteiger partial charge in [0.1, 0.15) is 18.7 Å². The first kappa shape index (κ1) is 36.8. The molecular formula is C30H45BN6O8. The van der Waals surface area contributed by atoms with E-state index in [1.54, 1.807) is 45.0 Å². The van der Waals surface area contributed by atoms with Gasteiger partial charge >= 0.3 is 6.03 Å². The highest BCUT2D eigenvalue weighted by Gasteiger charge is 2.35. The van der Waals surface area contributed by atoms with Crippen molar-refractivity contribution in [1.29, 1.82) is 0 Å². The minimum absolute atomic E-state index is 0.0946. The van der Waals surface area contributed by atoms with Crippen LogP contribution in [0.25, 0.3) is 0 Å². The van der Waals surface area contributed by atoms with Crippen molar-refractivity contribution in [2.24, 2.45) is 17.6 Å². The molecule has 3 atom stereocenters. The minimum atomic E-state index is -0.982. The van der Waals surface area contributed by atoms with Gasteiger partial charge in [0.25, 0.3) is 0 Å². The molecule has 6 N–H and O–H groups in total. The number of hydrogen-bond donors (Lipinski definition) is 5. The third-order valence-corrected chi connectivity index (χ3v) is 7.29. The number of urea groups is 1. The molecule has 15 heteroatoms. The van der Waals surface area contributed by atoms with Gasteiger partial charge in [-0.2, -0.15) is 0 Å². The van der Waals surface area contributed by atoms with Gasteiger partial charge in [0.05, 0.1) is 0 Å². The Hall–Kier alpha value is -4.43. The molecule has 2 rings (SSSR count). The Morgan fingerprint density at radius 1 is 1.00 bits per heavy atom. The van der Waals surface area contributed by atoms with Gasteiger partial charge in [0.2, 0.25) is 43.3 Å². The number of imide groups is 1. The van der Waals surface area contributed by atoms with Crippen molar-refractivity contribution in [2.45, 2.75) is 84.4 Å². The number of ether oxygens (including phenoxy) is 1. The number of benzene rings is 1. The fourth-order valence-corrected chi connectivity index (χ4v) is 4.74. The zero-order chi connectivity index (χ0) is 33.5. The number of carbonyl (C=O) groups is 7. The van der Waals surface area contributed by atoms with Crippen molar-refractivity contribution in [3.63, 3.8) is 0 Å². The van der Waals surface area contributed by atoms with Crippen molar-refractivity contribution in [3.05, 3.63) is 29.8 Å². The summed E-state index contributed by atoms with van der Waals surface area (Å²) in [6.45, 7) is 5.91. The molecule has 45 heavy (non-hydrogen) atoms. The molecule has 0 saturated carbocycles. The summed E-state index contributed by atoms with van der Waals surface area (Å²) in [5.41, 5.74) is 6.31. The lowest BCUT2D eigenvalue weighted by Crippen LogP contribution is -2.54. The lowest BCUT2D eigenvalue weighted by Gasteiger charge is -2.25. The van der Waals surface area contributed by atoms with Crippen LogP contribution in [0.4, 0.5) is 15.3 Å². The summed E-state index contributed by atoms with van der Waals surface area (Å²) >= 11 is 0. The van der Waals surface area contributed by atoms with Crippen molar-refractivity contribution >= 4 is 55.0 Å². The molecule has 0 spiro atoms. The first-order chi connectivity index (χ1) is 21.3. The largest absolute Gasteiger partial charge is 0.469 e. The smallest absolute Gasteiger partial charge is 0.312 e. The predicted octanol–water partition coefficient (Wildman–Crippen LogP) is 0.924. The van der Waals surface area contributed by atoms with E-state index in [9.17, 15) is 33.6 Å². The third-order valence-electron chi connectivity index (χ3n) is 7.29.